The first-order valence-electron chi connectivity index (χ1n) is 9.95. The number of thioether (sulfide) groups is 1. The second kappa shape index (κ2) is 9.97. The Balaban J connectivity index is 1.69. The lowest BCUT2D eigenvalue weighted by Crippen LogP contribution is -1.97. The fourth-order valence-electron chi connectivity index (χ4n) is 3.28. The van der Waals surface area contributed by atoms with Crippen molar-refractivity contribution < 1.29 is 23.8 Å². The van der Waals surface area contributed by atoms with Gasteiger partial charge in [0.2, 0.25) is 0 Å². The highest BCUT2D eigenvalue weighted by Crippen LogP contribution is 2.36. The summed E-state index contributed by atoms with van der Waals surface area (Å²) in [7, 11) is 1.52. The standard InChI is InChI=1S/C24H19ClN2O5S/c1-3-31-20-10-8-14(16-6-4-5-7-17(16)20)12-21(23(28)29)33-24-27-26-22(32-24)18-13-15(25)9-11-19(18)30-2/h4-13H,3H2,1-2H3,(H,28,29)/b21-12-. The molecular weight excluding hydrogens is 464 g/mol. The average Bonchev–Trinajstić information content (AvgIpc) is 3.28. The summed E-state index contributed by atoms with van der Waals surface area (Å²) in [6, 6.07) is 16.3. The number of fused-ring (bicyclic) bond motifs is 1. The topological polar surface area (TPSA) is 94.7 Å². The van der Waals surface area contributed by atoms with Crippen LogP contribution in [-0.2, 0) is 4.79 Å². The first-order chi connectivity index (χ1) is 16.0. The van der Waals surface area contributed by atoms with E-state index >= 15 is 0 Å². The second-order valence-corrected chi connectivity index (χ2v) is 8.19. The summed E-state index contributed by atoms with van der Waals surface area (Å²) in [6.07, 6.45) is 1.58. The van der Waals surface area contributed by atoms with Gasteiger partial charge in [0, 0.05) is 10.4 Å². The lowest BCUT2D eigenvalue weighted by atomic mass is 10.0. The van der Waals surface area contributed by atoms with Gasteiger partial charge in [0.15, 0.2) is 0 Å². The van der Waals surface area contributed by atoms with E-state index in [1.165, 1.54) is 7.11 Å². The Morgan fingerprint density at radius 1 is 1.12 bits per heavy atom. The zero-order valence-corrected chi connectivity index (χ0v) is 19.3. The minimum Gasteiger partial charge on any atom is -0.496 e. The highest BCUT2D eigenvalue weighted by Gasteiger charge is 2.19. The van der Waals surface area contributed by atoms with Crippen molar-refractivity contribution >= 4 is 46.2 Å². The van der Waals surface area contributed by atoms with Gasteiger partial charge in [0.1, 0.15) is 16.4 Å². The number of carbonyl (C=O) groups is 1. The van der Waals surface area contributed by atoms with Crippen LogP contribution in [0.1, 0.15) is 12.5 Å². The molecule has 1 aromatic heterocycles. The molecule has 4 aromatic rings. The molecule has 0 radical (unpaired) electrons. The summed E-state index contributed by atoms with van der Waals surface area (Å²) in [4.78, 5) is 12.0. The first kappa shape index (κ1) is 22.7. The molecule has 0 bridgehead atoms. The predicted octanol–water partition coefficient (Wildman–Crippen LogP) is 6.17. The smallest absolute Gasteiger partial charge is 0.342 e. The lowest BCUT2D eigenvalue weighted by Gasteiger charge is -2.10. The van der Waals surface area contributed by atoms with Crippen LogP contribution in [0.3, 0.4) is 0 Å². The van der Waals surface area contributed by atoms with Crippen LogP contribution in [0.15, 0.2) is 69.1 Å². The molecule has 0 amide bonds. The van der Waals surface area contributed by atoms with Gasteiger partial charge in [0.25, 0.3) is 11.1 Å². The quantitative estimate of drug-likeness (QED) is 0.235. The zero-order chi connectivity index (χ0) is 23.4. The largest absolute Gasteiger partial charge is 0.496 e. The van der Waals surface area contributed by atoms with Crippen molar-refractivity contribution in [3.8, 4) is 23.0 Å². The summed E-state index contributed by atoms with van der Waals surface area (Å²) in [5, 5.41) is 20.1. The van der Waals surface area contributed by atoms with E-state index in [0.717, 1.165) is 33.8 Å². The molecule has 0 aliphatic carbocycles. The SMILES string of the molecule is CCOc1ccc(/C=C(\Sc2nnc(-c3cc(Cl)ccc3OC)o2)C(=O)O)c2ccccc12. The number of hydrogen-bond donors (Lipinski definition) is 1. The Bertz CT molecular complexity index is 1350. The van der Waals surface area contributed by atoms with E-state index in [4.69, 9.17) is 25.5 Å². The molecule has 9 heteroatoms. The lowest BCUT2D eigenvalue weighted by molar-refractivity contribution is -0.131. The van der Waals surface area contributed by atoms with Gasteiger partial charge in [-0.1, -0.05) is 41.9 Å². The van der Waals surface area contributed by atoms with Crippen LogP contribution < -0.4 is 9.47 Å². The van der Waals surface area contributed by atoms with Crippen molar-refractivity contribution in [3.63, 3.8) is 0 Å². The number of aliphatic carboxylic acids is 1. The summed E-state index contributed by atoms with van der Waals surface area (Å²) in [6.45, 7) is 2.45. The van der Waals surface area contributed by atoms with E-state index in [0.29, 0.717) is 22.9 Å². The Morgan fingerprint density at radius 2 is 1.88 bits per heavy atom. The average molecular weight is 483 g/mol. The normalized spacial score (nSPS) is 11.5. The van der Waals surface area contributed by atoms with Crippen LogP contribution in [0, 0.1) is 0 Å². The summed E-state index contributed by atoms with van der Waals surface area (Å²) in [5.41, 5.74) is 1.25. The Hall–Kier alpha value is -3.49. The van der Waals surface area contributed by atoms with Crippen LogP contribution >= 0.6 is 23.4 Å². The van der Waals surface area contributed by atoms with Gasteiger partial charge in [0.05, 0.1) is 19.3 Å². The Labute approximate surface area is 199 Å². The third-order valence-corrected chi connectivity index (χ3v) is 5.80. The van der Waals surface area contributed by atoms with Crippen LogP contribution in [0.5, 0.6) is 11.5 Å². The van der Waals surface area contributed by atoms with Gasteiger partial charge in [-0.25, -0.2) is 4.79 Å². The van der Waals surface area contributed by atoms with Crippen LogP contribution in [0.2, 0.25) is 5.02 Å². The number of ether oxygens (including phenoxy) is 2. The fourth-order valence-corrected chi connectivity index (χ4v) is 4.11. The van der Waals surface area contributed by atoms with Gasteiger partial charge in [-0.05, 0) is 60.0 Å². The van der Waals surface area contributed by atoms with E-state index in [9.17, 15) is 9.90 Å². The monoisotopic (exact) mass is 482 g/mol. The number of hydrogen-bond acceptors (Lipinski definition) is 7. The molecule has 3 aromatic carbocycles. The number of carboxylic acid groups (broad SMARTS) is 1. The molecule has 1 N–H and O–H groups in total. The highest BCUT2D eigenvalue weighted by molar-refractivity contribution is 8.03. The maximum Gasteiger partial charge on any atom is 0.342 e. The van der Waals surface area contributed by atoms with Crippen molar-refractivity contribution in [2.45, 2.75) is 12.1 Å². The summed E-state index contributed by atoms with van der Waals surface area (Å²) in [5.74, 6) is 0.312. The Morgan fingerprint density at radius 3 is 2.61 bits per heavy atom. The zero-order valence-electron chi connectivity index (χ0n) is 17.7. The van der Waals surface area contributed by atoms with Crippen LogP contribution in [0.25, 0.3) is 28.3 Å². The first-order valence-corrected chi connectivity index (χ1v) is 11.1. The molecule has 0 aliphatic heterocycles. The molecule has 0 spiro atoms. The fraction of sp³-hybridized carbons (Fsp3) is 0.125. The number of benzene rings is 3. The molecule has 33 heavy (non-hydrogen) atoms. The van der Waals surface area contributed by atoms with Crippen molar-refractivity contribution in [2.24, 2.45) is 0 Å². The van der Waals surface area contributed by atoms with Gasteiger partial charge in [-0.2, -0.15) is 0 Å². The minimum atomic E-state index is -1.11. The second-order valence-electron chi connectivity index (χ2n) is 6.77. The van der Waals surface area contributed by atoms with E-state index in [1.807, 2.05) is 43.3 Å². The van der Waals surface area contributed by atoms with Gasteiger partial charge in [-0.3, -0.25) is 0 Å². The molecule has 4 rings (SSSR count). The number of carboxylic acids is 1. The molecule has 0 saturated heterocycles. The van der Waals surface area contributed by atoms with Crippen LogP contribution in [-0.4, -0.2) is 35.0 Å². The molecule has 0 aliphatic rings. The minimum absolute atomic E-state index is 0.0255. The van der Waals surface area contributed by atoms with E-state index in [2.05, 4.69) is 10.2 Å². The van der Waals surface area contributed by atoms with Crippen LogP contribution in [0.4, 0.5) is 0 Å². The Kier molecular flexibility index (Phi) is 6.86. The number of aromatic nitrogens is 2. The number of methoxy groups -OCH3 is 1. The molecule has 0 atom stereocenters. The van der Waals surface area contributed by atoms with E-state index < -0.39 is 5.97 Å². The number of nitrogens with zero attached hydrogens (tertiary/aromatic N) is 2. The van der Waals surface area contributed by atoms with Gasteiger partial charge in [-0.15, -0.1) is 10.2 Å². The molecule has 0 unspecified atom stereocenters. The summed E-state index contributed by atoms with van der Waals surface area (Å²) >= 11 is 6.94. The van der Waals surface area contributed by atoms with Crippen molar-refractivity contribution in [1.82, 2.24) is 10.2 Å². The van der Waals surface area contributed by atoms with Crippen molar-refractivity contribution in [3.05, 3.63) is 70.1 Å². The number of halogens is 1. The number of rotatable bonds is 8. The third kappa shape index (κ3) is 4.97. The molecule has 0 saturated carbocycles. The van der Waals surface area contributed by atoms with E-state index in [1.54, 1.807) is 24.3 Å². The third-order valence-electron chi connectivity index (χ3n) is 4.71. The molecule has 168 valence electrons. The highest BCUT2D eigenvalue weighted by atomic mass is 35.5. The predicted molar refractivity (Wildman–Crippen MR) is 128 cm³/mol. The molecule has 7 nitrogen and oxygen atoms in total. The molecular formula is C24H19ClN2O5S. The van der Waals surface area contributed by atoms with Gasteiger partial charge >= 0.3 is 5.97 Å². The maximum absolute atomic E-state index is 12.0. The van der Waals surface area contributed by atoms with E-state index in [-0.39, 0.29) is 16.0 Å². The van der Waals surface area contributed by atoms with Crippen molar-refractivity contribution in [1.29, 1.82) is 0 Å². The molecule has 0 fully saturated rings. The maximum atomic E-state index is 12.0. The summed E-state index contributed by atoms with van der Waals surface area (Å²) < 4.78 is 16.7. The van der Waals surface area contributed by atoms with Gasteiger partial charge < -0.3 is 19.0 Å². The molecule has 1 heterocycles. The van der Waals surface area contributed by atoms with Crippen molar-refractivity contribution in [2.75, 3.05) is 13.7 Å².